The van der Waals surface area contributed by atoms with Gasteiger partial charge in [-0.15, -0.1) is 0 Å². The predicted octanol–water partition coefficient (Wildman–Crippen LogP) is 2.16. The molecule has 0 spiro atoms. The van der Waals surface area contributed by atoms with Gasteiger partial charge in [-0.1, -0.05) is 0 Å². The second-order valence-electron chi connectivity index (χ2n) is 4.05. The van der Waals surface area contributed by atoms with E-state index in [9.17, 15) is 22.8 Å². The lowest BCUT2D eigenvalue weighted by Crippen LogP contribution is -2.35. The van der Waals surface area contributed by atoms with Crippen molar-refractivity contribution < 1.29 is 37.3 Å². The number of rotatable bonds is 5. The Labute approximate surface area is 139 Å². The Balaban J connectivity index is 2.94. The number of carboxylic acids is 1. The van der Waals surface area contributed by atoms with Gasteiger partial charge in [0.1, 0.15) is 0 Å². The SMILES string of the molecule is CCOC(=O)NC(=S)Nc1nc(C(=O)O)ccc1OCC(F)(F)F. The van der Waals surface area contributed by atoms with Crippen molar-refractivity contribution in [3.63, 3.8) is 0 Å². The van der Waals surface area contributed by atoms with Crippen LogP contribution in [0, 0.1) is 0 Å². The number of hydrogen-bond acceptors (Lipinski definition) is 6. The summed E-state index contributed by atoms with van der Waals surface area (Å²) in [4.78, 5) is 25.7. The Bertz CT molecular complexity index is 639. The Kier molecular flexibility index (Phi) is 6.70. The van der Waals surface area contributed by atoms with Gasteiger partial charge in [-0.25, -0.2) is 14.6 Å². The fraction of sp³-hybridized carbons (Fsp3) is 0.333. The van der Waals surface area contributed by atoms with Crippen molar-refractivity contribution in [2.45, 2.75) is 13.1 Å². The highest BCUT2D eigenvalue weighted by Crippen LogP contribution is 2.25. The van der Waals surface area contributed by atoms with E-state index in [1.54, 1.807) is 6.92 Å². The molecule has 24 heavy (non-hydrogen) atoms. The highest BCUT2D eigenvalue weighted by molar-refractivity contribution is 7.80. The van der Waals surface area contributed by atoms with Crippen LogP contribution in [0.4, 0.5) is 23.8 Å². The van der Waals surface area contributed by atoms with E-state index < -0.39 is 42.1 Å². The molecule has 0 aliphatic heterocycles. The molecule has 0 atom stereocenters. The number of pyridine rings is 1. The van der Waals surface area contributed by atoms with Crippen molar-refractivity contribution in [1.29, 1.82) is 0 Å². The molecule has 0 aliphatic rings. The maximum Gasteiger partial charge on any atom is 0.422 e. The van der Waals surface area contributed by atoms with Gasteiger partial charge in [0.15, 0.2) is 29.0 Å². The van der Waals surface area contributed by atoms with Gasteiger partial charge in [0.05, 0.1) is 6.61 Å². The Hall–Kier alpha value is -2.63. The number of carboxylic acid groups (broad SMARTS) is 1. The van der Waals surface area contributed by atoms with Crippen molar-refractivity contribution >= 4 is 35.2 Å². The third kappa shape index (κ3) is 6.64. The summed E-state index contributed by atoms with van der Waals surface area (Å²) < 4.78 is 45.8. The molecule has 8 nitrogen and oxygen atoms in total. The van der Waals surface area contributed by atoms with Gasteiger partial charge < -0.3 is 19.9 Å². The molecule has 1 aromatic heterocycles. The molecule has 0 unspecified atom stereocenters. The van der Waals surface area contributed by atoms with Crippen LogP contribution in [0.5, 0.6) is 5.75 Å². The summed E-state index contributed by atoms with van der Waals surface area (Å²) in [5, 5.41) is 12.9. The van der Waals surface area contributed by atoms with Crippen molar-refractivity contribution in [1.82, 2.24) is 10.3 Å². The quantitative estimate of drug-likeness (QED) is 0.679. The van der Waals surface area contributed by atoms with Gasteiger partial charge in [0.25, 0.3) is 0 Å². The number of thiocarbonyl (C=S) groups is 1. The fourth-order valence-electron chi connectivity index (χ4n) is 1.33. The molecule has 0 saturated heterocycles. The van der Waals surface area contributed by atoms with Crippen LogP contribution in [0.25, 0.3) is 0 Å². The molecule has 0 radical (unpaired) electrons. The minimum absolute atomic E-state index is 0.0706. The third-order valence-corrected chi connectivity index (χ3v) is 2.40. The zero-order chi connectivity index (χ0) is 18.3. The maximum absolute atomic E-state index is 12.2. The lowest BCUT2D eigenvalue weighted by atomic mass is 10.3. The van der Waals surface area contributed by atoms with Crippen molar-refractivity contribution in [3.05, 3.63) is 17.8 Å². The summed E-state index contributed by atoms with van der Waals surface area (Å²) in [5.74, 6) is -2.21. The number of halogens is 3. The Morgan fingerprint density at radius 2 is 2.04 bits per heavy atom. The summed E-state index contributed by atoms with van der Waals surface area (Å²) in [6, 6.07) is 1.94. The molecule has 1 amide bonds. The molecule has 0 aliphatic carbocycles. The lowest BCUT2D eigenvalue weighted by Gasteiger charge is -2.14. The lowest BCUT2D eigenvalue weighted by molar-refractivity contribution is -0.153. The number of nitrogens with zero attached hydrogens (tertiary/aromatic N) is 1. The van der Waals surface area contributed by atoms with Crippen LogP contribution in [-0.4, -0.2) is 46.7 Å². The highest BCUT2D eigenvalue weighted by Gasteiger charge is 2.29. The minimum Gasteiger partial charge on any atom is -0.480 e. The smallest absolute Gasteiger partial charge is 0.422 e. The van der Waals surface area contributed by atoms with Crippen molar-refractivity contribution in [2.24, 2.45) is 0 Å². The van der Waals surface area contributed by atoms with Gasteiger partial charge in [0.2, 0.25) is 0 Å². The van der Waals surface area contributed by atoms with Crippen LogP contribution >= 0.6 is 12.2 Å². The number of nitrogens with one attached hydrogen (secondary N) is 2. The zero-order valence-electron chi connectivity index (χ0n) is 12.1. The second kappa shape index (κ2) is 8.29. The minimum atomic E-state index is -4.60. The molecule has 0 fully saturated rings. The number of alkyl carbamates (subject to hydrolysis) is 1. The van der Waals surface area contributed by atoms with Crippen LogP contribution in [0.1, 0.15) is 17.4 Å². The van der Waals surface area contributed by atoms with Gasteiger partial charge in [-0.05, 0) is 31.3 Å². The molecule has 12 heteroatoms. The third-order valence-electron chi connectivity index (χ3n) is 2.19. The van der Waals surface area contributed by atoms with Gasteiger partial charge >= 0.3 is 18.2 Å². The number of ether oxygens (including phenoxy) is 2. The molecule has 1 rings (SSSR count). The normalized spacial score (nSPS) is 10.7. The summed E-state index contributed by atoms with van der Waals surface area (Å²) in [6.07, 6.45) is -5.51. The zero-order valence-corrected chi connectivity index (χ0v) is 13.0. The molecule has 0 bridgehead atoms. The van der Waals surface area contributed by atoms with E-state index in [4.69, 9.17) is 17.3 Å². The molecule has 0 aromatic carbocycles. The highest BCUT2D eigenvalue weighted by atomic mass is 32.1. The molecule has 0 saturated carbocycles. The largest absolute Gasteiger partial charge is 0.480 e. The van der Waals surface area contributed by atoms with E-state index in [-0.39, 0.29) is 11.7 Å². The first-order chi connectivity index (χ1) is 11.1. The van der Waals surface area contributed by atoms with Gasteiger partial charge in [0, 0.05) is 0 Å². The van der Waals surface area contributed by atoms with E-state index >= 15 is 0 Å². The van der Waals surface area contributed by atoms with Crippen LogP contribution in [0.3, 0.4) is 0 Å². The second-order valence-corrected chi connectivity index (χ2v) is 4.46. The Morgan fingerprint density at radius 3 is 2.58 bits per heavy atom. The van der Waals surface area contributed by atoms with Crippen molar-refractivity contribution in [2.75, 3.05) is 18.5 Å². The first-order valence-electron chi connectivity index (χ1n) is 6.31. The number of carbonyl (C=O) groups excluding carboxylic acids is 1. The number of hydrogen-bond donors (Lipinski definition) is 3. The van der Waals surface area contributed by atoms with Crippen LogP contribution in [0.2, 0.25) is 0 Å². The topological polar surface area (TPSA) is 110 Å². The average Bonchev–Trinajstić information content (AvgIpc) is 2.44. The number of anilines is 1. The maximum atomic E-state index is 12.2. The number of amides is 1. The van der Waals surface area contributed by atoms with E-state index in [1.165, 1.54) is 0 Å². The van der Waals surface area contributed by atoms with E-state index in [0.29, 0.717) is 0 Å². The molecule has 3 N–H and O–H groups in total. The van der Waals surface area contributed by atoms with E-state index in [0.717, 1.165) is 12.1 Å². The molecule has 1 heterocycles. The van der Waals surface area contributed by atoms with Gasteiger partial charge in [-0.2, -0.15) is 13.2 Å². The molecule has 132 valence electrons. The monoisotopic (exact) mass is 367 g/mol. The van der Waals surface area contributed by atoms with E-state index in [2.05, 4.69) is 25.1 Å². The fourth-order valence-corrected chi connectivity index (χ4v) is 1.51. The summed E-state index contributed by atoms with van der Waals surface area (Å²) in [7, 11) is 0. The number of aromatic nitrogens is 1. The van der Waals surface area contributed by atoms with E-state index in [1.807, 2.05) is 0 Å². The number of aromatic carboxylic acids is 1. The summed E-state index contributed by atoms with van der Waals surface area (Å²) >= 11 is 4.76. The first kappa shape index (κ1) is 19.4. The predicted molar refractivity (Wildman–Crippen MR) is 79.1 cm³/mol. The van der Waals surface area contributed by atoms with Crippen LogP contribution in [-0.2, 0) is 4.74 Å². The molecular formula is C12H12F3N3O5S. The van der Waals surface area contributed by atoms with Crippen LogP contribution in [0.15, 0.2) is 12.1 Å². The molecule has 1 aromatic rings. The summed E-state index contributed by atoms with van der Waals surface area (Å²) in [6.45, 7) is 0.00596. The average molecular weight is 367 g/mol. The standard InChI is InChI=1S/C12H12F3N3O5S/c1-2-22-11(21)18-10(24)17-8-7(23-5-12(13,14)15)4-3-6(16-8)9(19)20/h3-4H,2,5H2,1H3,(H,19,20)(H2,16,17,18,21,24). The number of alkyl halides is 3. The Morgan fingerprint density at radius 1 is 1.38 bits per heavy atom. The van der Waals surface area contributed by atoms with Crippen molar-refractivity contribution in [3.8, 4) is 5.75 Å². The molecular weight excluding hydrogens is 355 g/mol. The first-order valence-corrected chi connectivity index (χ1v) is 6.72. The number of carbonyl (C=O) groups is 2. The van der Waals surface area contributed by atoms with Gasteiger partial charge in [-0.3, -0.25) is 5.32 Å². The van der Waals surface area contributed by atoms with Crippen LogP contribution < -0.4 is 15.4 Å². The summed E-state index contributed by atoms with van der Waals surface area (Å²) in [5.41, 5.74) is -0.462.